The molecule has 7 heteroatoms. The van der Waals surface area contributed by atoms with E-state index < -0.39 is 16.1 Å². The molecule has 5 rings (SSSR count). The predicted octanol–water partition coefficient (Wildman–Crippen LogP) is 12.5. The molecular formula is C40H51BrN4Si2. The Morgan fingerprint density at radius 1 is 0.553 bits per heavy atom. The molecule has 0 atom stereocenters. The van der Waals surface area contributed by atoms with Gasteiger partial charge in [0.1, 0.15) is 27.2 Å². The number of para-hydroxylation sites is 2. The lowest BCUT2D eigenvalue weighted by atomic mass is 9.99. The third-order valence-electron chi connectivity index (χ3n) is 10.8. The first kappa shape index (κ1) is 35.2. The Morgan fingerprint density at radius 3 is 1.32 bits per heavy atom. The first-order valence-electron chi connectivity index (χ1n) is 17.3. The fraction of sp³-hybridized carbons (Fsp3) is 0.450. The topological polar surface area (TPSA) is 49.8 Å². The Bertz CT molecular complexity index is 1910. The molecule has 0 amide bonds. The second kappa shape index (κ2) is 13.4. The molecule has 0 saturated heterocycles. The summed E-state index contributed by atoms with van der Waals surface area (Å²) in [4.78, 5) is 10.6. The van der Waals surface area contributed by atoms with E-state index in [-0.39, 0.29) is 0 Å². The summed E-state index contributed by atoms with van der Waals surface area (Å²) in [5.41, 5.74) is 20.1. The van der Waals surface area contributed by atoms with Crippen LogP contribution in [0.15, 0.2) is 46.9 Å². The lowest BCUT2D eigenvalue weighted by Gasteiger charge is -2.38. The van der Waals surface area contributed by atoms with Crippen LogP contribution in [0, 0.1) is 22.9 Å². The largest absolute Gasteiger partial charge is 0.351 e. The summed E-state index contributed by atoms with van der Waals surface area (Å²) in [6, 6.07) is 14.5. The monoisotopic (exact) mass is 722 g/mol. The summed E-state index contributed by atoms with van der Waals surface area (Å²) in [5.74, 6) is 7.64. The van der Waals surface area contributed by atoms with Crippen molar-refractivity contribution >= 4 is 76.9 Å². The van der Waals surface area contributed by atoms with Gasteiger partial charge < -0.3 is 10.6 Å². The van der Waals surface area contributed by atoms with Gasteiger partial charge >= 0.3 is 0 Å². The minimum Gasteiger partial charge on any atom is -0.351 e. The molecule has 0 fully saturated rings. The molecule has 0 radical (unpaired) electrons. The second-order valence-electron chi connectivity index (χ2n) is 15.1. The van der Waals surface area contributed by atoms with Gasteiger partial charge in [-0.3, -0.25) is 0 Å². The van der Waals surface area contributed by atoms with E-state index in [1.165, 1.54) is 0 Å². The van der Waals surface area contributed by atoms with E-state index in [0.717, 1.165) is 60.4 Å². The molecule has 4 nitrogen and oxygen atoms in total. The normalized spacial score (nSPS) is 13.1. The molecule has 0 spiro atoms. The smallest absolute Gasteiger partial charge is 0.146 e. The third kappa shape index (κ3) is 6.05. The number of benzene rings is 3. The zero-order valence-electron chi connectivity index (χ0n) is 30.3. The Hall–Kier alpha value is -3.11. The van der Waals surface area contributed by atoms with Gasteiger partial charge in [0.25, 0.3) is 0 Å². The fourth-order valence-corrected chi connectivity index (χ4v) is 19.3. The summed E-state index contributed by atoms with van der Waals surface area (Å²) < 4.78 is 1.01. The van der Waals surface area contributed by atoms with E-state index in [1.54, 1.807) is 0 Å². The molecule has 1 aliphatic heterocycles. The molecule has 0 aliphatic carbocycles. The zero-order chi connectivity index (χ0) is 34.4. The Balaban J connectivity index is 1.96. The highest BCUT2D eigenvalue weighted by Crippen LogP contribution is 2.48. The molecule has 2 heterocycles. The van der Waals surface area contributed by atoms with Gasteiger partial charge in [-0.15, -0.1) is 11.1 Å². The molecule has 246 valence electrons. The van der Waals surface area contributed by atoms with Gasteiger partial charge in [-0.05, 0) is 63.6 Å². The van der Waals surface area contributed by atoms with Crippen LogP contribution in [0.5, 0.6) is 0 Å². The Morgan fingerprint density at radius 2 is 0.936 bits per heavy atom. The van der Waals surface area contributed by atoms with Gasteiger partial charge in [0, 0.05) is 4.47 Å². The van der Waals surface area contributed by atoms with Gasteiger partial charge in [-0.1, -0.05) is 123 Å². The van der Waals surface area contributed by atoms with E-state index in [0.29, 0.717) is 33.2 Å². The number of rotatable bonds is 6. The van der Waals surface area contributed by atoms with E-state index in [9.17, 15) is 0 Å². The van der Waals surface area contributed by atoms with Crippen LogP contribution in [0.1, 0.15) is 94.2 Å². The average molecular weight is 724 g/mol. The van der Waals surface area contributed by atoms with E-state index >= 15 is 0 Å². The van der Waals surface area contributed by atoms with Crippen LogP contribution in [0.25, 0.3) is 22.1 Å². The van der Waals surface area contributed by atoms with Gasteiger partial charge in [-0.2, -0.15) is 0 Å². The quantitative estimate of drug-likeness (QED) is 0.104. The number of hydrogen-bond acceptors (Lipinski definition) is 4. The number of halogens is 1. The Labute approximate surface area is 293 Å². The van der Waals surface area contributed by atoms with Gasteiger partial charge in [0.05, 0.1) is 44.9 Å². The summed E-state index contributed by atoms with van der Waals surface area (Å²) in [5, 5.41) is 7.63. The number of fused-ring (bicyclic) bond motifs is 4. The molecule has 0 unspecified atom stereocenters. The highest BCUT2D eigenvalue weighted by atomic mass is 79.9. The molecule has 1 aromatic heterocycles. The first-order valence-corrected chi connectivity index (χ1v) is 22.6. The molecular weight excluding hydrogens is 673 g/mol. The van der Waals surface area contributed by atoms with Crippen molar-refractivity contribution in [1.29, 1.82) is 0 Å². The van der Waals surface area contributed by atoms with E-state index in [2.05, 4.69) is 151 Å². The molecule has 0 bridgehead atoms. The average Bonchev–Trinajstić information content (AvgIpc) is 2.99. The molecule has 3 aromatic carbocycles. The summed E-state index contributed by atoms with van der Waals surface area (Å²) in [6.07, 6.45) is 0. The maximum absolute atomic E-state index is 5.32. The Kier molecular flexibility index (Phi) is 10.1. The maximum atomic E-state index is 5.32. The highest BCUT2D eigenvalue weighted by Gasteiger charge is 2.43. The second-order valence-corrected chi connectivity index (χ2v) is 27.2. The fourth-order valence-electron chi connectivity index (χ4n) is 8.53. The lowest BCUT2D eigenvalue weighted by molar-refractivity contribution is 0.838. The summed E-state index contributed by atoms with van der Waals surface area (Å²) >= 11 is 3.69. The van der Waals surface area contributed by atoms with Crippen LogP contribution < -0.4 is 10.6 Å². The van der Waals surface area contributed by atoms with Crippen molar-refractivity contribution in [2.45, 2.75) is 116 Å². The van der Waals surface area contributed by atoms with Crippen LogP contribution in [-0.2, 0) is 0 Å². The van der Waals surface area contributed by atoms with Crippen LogP contribution >= 0.6 is 15.9 Å². The van der Waals surface area contributed by atoms with Crippen molar-refractivity contribution < 1.29 is 0 Å². The molecule has 47 heavy (non-hydrogen) atoms. The van der Waals surface area contributed by atoms with Gasteiger partial charge in [-0.25, -0.2) is 9.97 Å². The third-order valence-corrected chi connectivity index (χ3v) is 23.9. The summed E-state index contributed by atoms with van der Waals surface area (Å²) in [6.45, 7) is 28.4. The van der Waals surface area contributed by atoms with Crippen LogP contribution in [0.3, 0.4) is 0 Å². The van der Waals surface area contributed by atoms with Gasteiger partial charge in [0.2, 0.25) is 0 Å². The standard InChI is InChI=1S/C40H51BrN4Si2/c1-24(2)46(25(3)4,26(5)6)21-19-31-37-38(43-34-16-14-13-15-33(34)42-37)32(20-22-47(27(7)8,28(9)10)29(11)12)40-39(31)44-35-18-17-30(41)23-36(35)45-40/h13-18,23-29,44-45H,1-12H3. The molecule has 2 N–H and O–H groups in total. The minimum atomic E-state index is -2.06. The number of aromatic nitrogens is 2. The van der Waals surface area contributed by atoms with Crippen LogP contribution in [0.2, 0.25) is 33.2 Å². The minimum absolute atomic E-state index is 0.512. The van der Waals surface area contributed by atoms with Crippen molar-refractivity contribution in [3.8, 4) is 22.9 Å². The van der Waals surface area contributed by atoms with Crippen LogP contribution in [-0.4, -0.2) is 26.1 Å². The maximum Gasteiger partial charge on any atom is 0.146 e. The first-order chi connectivity index (χ1) is 22.1. The number of hydrogen-bond donors (Lipinski definition) is 2. The predicted molar refractivity (Wildman–Crippen MR) is 214 cm³/mol. The highest BCUT2D eigenvalue weighted by molar-refractivity contribution is 9.10. The summed E-state index contributed by atoms with van der Waals surface area (Å²) in [7, 11) is -4.11. The number of anilines is 4. The van der Waals surface area contributed by atoms with Crippen LogP contribution in [0.4, 0.5) is 22.7 Å². The van der Waals surface area contributed by atoms with Crippen molar-refractivity contribution in [2.24, 2.45) is 0 Å². The van der Waals surface area contributed by atoms with Gasteiger partial charge in [0.15, 0.2) is 0 Å². The molecule has 4 aromatic rings. The van der Waals surface area contributed by atoms with E-state index in [4.69, 9.17) is 9.97 Å². The van der Waals surface area contributed by atoms with E-state index in [1.807, 2.05) is 24.3 Å². The molecule has 0 saturated carbocycles. The molecule has 1 aliphatic rings. The number of nitrogens with one attached hydrogen (secondary N) is 2. The van der Waals surface area contributed by atoms with Crippen molar-refractivity contribution in [3.63, 3.8) is 0 Å². The number of nitrogens with zero attached hydrogens (tertiary/aromatic N) is 2. The van der Waals surface area contributed by atoms with Crippen molar-refractivity contribution in [1.82, 2.24) is 9.97 Å². The zero-order valence-corrected chi connectivity index (χ0v) is 33.9. The van der Waals surface area contributed by atoms with Crippen molar-refractivity contribution in [2.75, 3.05) is 10.6 Å². The van der Waals surface area contributed by atoms with Crippen molar-refractivity contribution in [3.05, 3.63) is 58.1 Å². The lowest BCUT2D eigenvalue weighted by Crippen LogP contribution is -2.43. The SMILES string of the molecule is CC(C)[Si](C#Cc1c2c(c(C#C[Si](C(C)C)(C(C)C)C(C)C)c3nc4ccccc4nc13)Nc1cc(Br)ccc1N2)(C(C)C)C(C)C.